The van der Waals surface area contributed by atoms with Crippen LogP contribution < -0.4 is 21.3 Å². The molecule has 2 aliphatic heterocycles. The molecule has 0 spiro atoms. The molecule has 4 nitrogen and oxygen atoms in total. The van der Waals surface area contributed by atoms with Crippen LogP contribution in [0.5, 0.6) is 0 Å². The maximum absolute atomic E-state index is 6.44. The van der Waals surface area contributed by atoms with Crippen molar-refractivity contribution >= 4 is 46.0 Å². The van der Waals surface area contributed by atoms with Crippen molar-refractivity contribution in [2.45, 2.75) is 0 Å². The second-order valence-corrected chi connectivity index (χ2v) is 7.48. The molecule has 0 amide bonds. The highest BCUT2D eigenvalue weighted by Crippen LogP contribution is 2.45. The van der Waals surface area contributed by atoms with E-state index in [1.165, 1.54) is 0 Å². The Hall–Kier alpha value is -3.08. The van der Waals surface area contributed by atoms with E-state index in [1.807, 2.05) is 60.7 Å². The van der Waals surface area contributed by atoms with E-state index in [2.05, 4.69) is 27.7 Å². The first-order valence-electron chi connectivity index (χ1n) is 8.81. The smallest absolute Gasteiger partial charge is 0.141 e. The fourth-order valence-electron chi connectivity index (χ4n) is 3.58. The van der Waals surface area contributed by atoms with Crippen molar-refractivity contribution < 1.29 is 0 Å². The van der Waals surface area contributed by atoms with Crippen LogP contribution in [-0.2, 0) is 0 Å². The Kier molecular flexibility index (Phi) is 3.97. The van der Waals surface area contributed by atoms with E-state index in [1.54, 1.807) is 0 Å². The van der Waals surface area contributed by atoms with Crippen molar-refractivity contribution in [2.24, 2.45) is 5.73 Å². The molecule has 0 saturated carbocycles. The molecule has 138 valence electrons. The molecule has 0 bridgehead atoms. The Morgan fingerprint density at radius 2 is 1.32 bits per heavy atom. The Labute approximate surface area is 172 Å². The number of nitrogens with one attached hydrogen (secondary N) is 2. The molecule has 0 saturated heterocycles. The van der Waals surface area contributed by atoms with Gasteiger partial charge in [0.15, 0.2) is 0 Å². The number of nitrogens with zero attached hydrogens (tertiary/aromatic N) is 1. The molecule has 0 atom stereocenters. The van der Waals surface area contributed by atoms with E-state index in [4.69, 9.17) is 28.9 Å². The third kappa shape index (κ3) is 2.70. The highest BCUT2D eigenvalue weighted by Gasteiger charge is 2.35. The van der Waals surface area contributed by atoms with Gasteiger partial charge in [-0.2, -0.15) is 0 Å². The molecule has 3 aromatic rings. The number of hydrogen-bond donors (Lipinski definition) is 3. The van der Waals surface area contributed by atoms with Crippen molar-refractivity contribution in [3.8, 4) is 0 Å². The van der Waals surface area contributed by atoms with Crippen LogP contribution in [0.2, 0.25) is 10.0 Å². The number of fused-ring (bicyclic) bond motifs is 3. The normalized spacial score (nSPS) is 15.1. The van der Waals surface area contributed by atoms with E-state index >= 15 is 0 Å². The number of halogens is 2. The minimum absolute atomic E-state index is 0.585. The minimum Gasteiger partial charge on any atom is -0.383 e. The summed E-state index contributed by atoms with van der Waals surface area (Å²) < 4.78 is 0. The summed E-state index contributed by atoms with van der Waals surface area (Å²) in [5, 5.41) is 8.28. The average Bonchev–Trinajstić information content (AvgIpc) is 3.06. The summed E-state index contributed by atoms with van der Waals surface area (Å²) in [7, 11) is 0. The van der Waals surface area contributed by atoms with Gasteiger partial charge in [-0.25, -0.2) is 0 Å². The topological polar surface area (TPSA) is 53.3 Å². The molecular formula is C22H16Cl2N4. The zero-order chi connectivity index (χ0) is 19.3. The van der Waals surface area contributed by atoms with Gasteiger partial charge < -0.3 is 16.4 Å². The van der Waals surface area contributed by atoms with E-state index in [0.717, 1.165) is 39.7 Å². The number of para-hydroxylation sites is 2. The summed E-state index contributed by atoms with van der Waals surface area (Å²) in [4.78, 5) is 2.15. The Bertz CT molecular complexity index is 1130. The summed E-state index contributed by atoms with van der Waals surface area (Å²) in [6.07, 6.45) is 0. The number of rotatable bonds is 2. The van der Waals surface area contributed by atoms with Gasteiger partial charge >= 0.3 is 0 Å². The van der Waals surface area contributed by atoms with Gasteiger partial charge in [-0.1, -0.05) is 59.6 Å². The molecule has 6 heteroatoms. The van der Waals surface area contributed by atoms with Gasteiger partial charge in [0.1, 0.15) is 11.6 Å². The SMILES string of the molecule is NC1=C(c2ccc(Cl)cc2)N2C(=C(c3ccc(Cl)cc3)Nc3ccccc32)N1. The summed E-state index contributed by atoms with van der Waals surface area (Å²) in [6.45, 7) is 0. The highest BCUT2D eigenvalue weighted by atomic mass is 35.5. The average molecular weight is 407 g/mol. The number of nitrogens with two attached hydrogens (primary N) is 1. The van der Waals surface area contributed by atoms with Crippen LogP contribution in [0.15, 0.2) is 84.4 Å². The van der Waals surface area contributed by atoms with E-state index in [9.17, 15) is 0 Å². The molecule has 0 aromatic heterocycles. The van der Waals surface area contributed by atoms with Crippen molar-refractivity contribution in [3.63, 3.8) is 0 Å². The lowest BCUT2D eigenvalue weighted by Crippen LogP contribution is -2.29. The molecule has 0 radical (unpaired) electrons. The van der Waals surface area contributed by atoms with Crippen LogP contribution in [0.4, 0.5) is 11.4 Å². The predicted molar refractivity (Wildman–Crippen MR) is 117 cm³/mol. The van der Waals surface area contributed by atoms with Crippen molar-refractivity contribution in [2.75, 3.05) is 10.2 Å². The van der Waals surface area contributed by atoms with Gasteiger partial charge in [0.25, 0.3) is 0 Å². The van der Waals surface area contributed by atoms with Gasteiger partial charge in [0.05, 0.1) is 22.8 Å². The Balaban J connectivity index is 1.71. The van der Waals surface area contributed by atoms with Crippen LogP contribution in [0, 0.1) is 0 Å². The van der Waals surface area contributed by atoms with Gasteiger partial charge in [0.2, 0.25) is 0 Å². The largest absolute Gasteiger partial charge is 0.383 e. The standard InChI is InChI=1S/C22H16Cl2N4/c23-15-9-5-13(6-10-15)19-22-27-21(25)20(14-7-11-16(24)12-8-14)28(22)18-4-2-1-3-17(18)26-19/h1-12,26-27H,25H2. The Morgan fingerprint density at radius 1 is 0.714 bits per heavy atom. The summed E-state index contributed by atoms with van der Waals surface area (Å²) >= 11 is 12.2. The van der Waals surface area contributed by atoms with Crippen LogP contribution >= 0.6 is 23.2 Å². The Morgan fingerprint density at radius 3 is 2.00 bits per heavy atom. The lowest BCUT2D eigenvalue weighted by Gasteiger charge is -2.32. The first kappa shape index (κ1) is 17.0. The van der Waals surface area contributed by atoms with Gasteiger partial charge in [-0.3, -0.25) is 4.90 Å². The molecule has 0 unspecified atom stereocenters. The van der Waals surface area contributed by atoms with Crippen LogP contribution in [0.1, 0.15) is 11.1 Å². The summed E-state index contributed by atoms with van der Waals surface area (Å²) in [5.41, 5.74) is 12.3. The van der Waals surface area contributed by atoms with Crippen LogP contribution in [0.3, 0.4) is 0 Å². The quantitative estimate of drug-likeness (QED) is 0.530. The van der Waals surface area contributed by atoms with Gasteiger partial charge in [0, 0.05) is 21.2 Å². The zero-order valence-electron chi connectivity index (χ0n) is 14.7. The number of hydrogen-bond acceptors (Lipinski definition) is 4. The lowest BCUT2D eigenvalue weighted by molar-refractivity contribution is 0.974. The first-order valence-corrected chi connectivity index (χ1v) is 9.56. The van der Waals surface area contributed by atoms with E-state index in [0.29, 0.717) is 15.9 Å². The minimum atomic E-state index is 0.585. The molecule has 4 N–H and O–H groups in total. The van der Waals surface area contributed by atoms with Crippen molar-refractivity contribution in [1.29, 1.82) is 0 Å². The summed E-state index contributed by atoms with van der Waals surface area (Å²) in [6, 6.07) is 23.6. The summed E-state index contributed by atoms with van der Waals surface area (Å²) in [5.74, 6) is 1.46. The second kappa shape index (κ2) is 6.51. The number of benzene rings is 3. The molecule has 2 aliphatic rings. The maximum atomic E-state index is 6.44. The molecule has 28 heavy (non-hydrogen) atoms. The predicted octanol–water partition coefficient (Wildman–Crippen LogP) is 5.44. The van der Waals surface area contributed by atoms with Crippen LogP contribution in [0.25, 0.3) is 11.4 Å². The van der Waals surface area contributed by atoms with Gasteiger partial charge in [-0.05, 0) is 36.4 Å². The molecule has 0 aliphatic carbocycles. The van der Waals surface area contributed by atoms with E-state index < -0.39 is 0 Å². The lowest BCUT2D eigenvalue weighted by atomic mass is 10.1. The fourth-order valence-corrected chi connectivity index (χ4v) is 3.83. The molecule has 0 fully saturated rings. The second-order valence-electron chi connectivity index (χ2n) is 6.60. The molecular weight excluding hydrogens is 391 g/mol. The third-order valence-electron chi connectivity index (χ3n) is 4.85. The van der Waals surface area contributed by atoms with Crippen LogP contribution in [-0.4, -0.2) is 0 Å². The monoisotopic (exact) mass is 406 g/mol. The molecule has 3 aromatic carbocycles. The van der Waals surface area contributed by atoms with E-state index in [-0.39, 0.29) is 0 Å². The fraction of sp³-hybridized carbons (Fsp3) is 0. The molecule has 2 heterocycles. The zero-order valence-corrected chi connectivity index (χ0v) is 16.2. The first-order chi connectivity index (χ1) is 13.6. The molecule has 5 rings (SSSR count). The van der Waals surface area contributed by atoms with Crippen molar-refractivity contribution in [1.82, 2.24) is 5.32 Å². The number of anilines is 2. The third-order valence-corrected chi connectivity index (χ3v) is 5.35. The highest BCUT2D eigenvalue weighted by molar-refractivity contribution is 6.31. The maximum Gasteiger partial charge on any atom is 0.141 e. The van der Waals surface area contributed by atoms with Crippen molar-refractivity contribution in [3.05, 3.63) is 106 Å². The van der Waals surface area contributed by atoms with Gasteiger partial charge in [-0.15, -0.1) is 0 Å².